The average Bonchev–Trinajstić information content (AvgIpc) is 2.96. The van der Waals surface area contributed by atoms with E-state index in [1.54, 1.807) is 12.1 Å². The normalized spacial score (nSPS) is 10.2. The number of rotatable bonds is 2. The summed E-state index contributed by atoms with van der Waals surface area (Å²) in [6.07, 6.45) is 0. The Balaban J connectivity index is 2.06. The predicted octanol–water partition coefficient (Wildman–Crippen LogP) is 3.15. The molecular formula is C15H9FN4. The molecular weight excluding hydrogens is 255 g/mol. The van der Waals surface area contributed by atoms with Crippen molar-refractivity contribution in [1.29, 1.82) is 5.26 Å². The molecule has 1 N–H and O–H groups in total. The standard InChI is InChI=1S/C15H9FN4/c16-13-6-4-10(5-7-13)11-2-1-3-12(8-11)15-14(9-17)18-20-19-15/h1-8H,(H,18,19,20). The van der Waals surface area contributed by atoms with E-state index < -0.39 is 0 Å². The van der Waals surface area contributed by atoms with Gasteiger partial charge >= 0.3 is 0 Å². The largest absolute Gasteiger partial charge is 0.207 e. The lowest BCUT2D eigenvalue weighted by Crippen LogP contribution is -1.85. The molecule has 1 aromatic heterocycles. The molecule has 4 nitrogen and oxygen atoms in total. The Hall–Kier alpha value is -3.00. The van der Waals surface area contributed by atoms with Crippen molar-refractivity contribution in [3.8, 4) is 28.5 Å². The number of aromatic amines is 1. The summed E-state index contributed by atoms with van der Waals surface area (Å²) in [6, 6.07) is 15.8. The lowest BCUT2D eigenvalue weighted by molar-refractivity contribution is 0.628. The summed E-state index contributed by atoms with van der Waals surface area (Å²) in [5, 5.41) is 19.2. The van der Waals surface area contributed by atoms with Crippen LogP contribution in [0.1, 0.15) is 5.69 Å². The van der Waals surface area contributed by atoms with Crippen molar-refractivity contribution in [3.63, 3.8) is 0 Å². The molecule has 0 radical (unpaired) electrons. The Kier molecular flexibility index (Phi) is 2.98. The van der Waals surface area contributed by atoms with E-state index in [1.807, 2.05) is 30.3 Å². The Morgan fingerprint density at radius 1 is 0.950 bits per heavy atom. The Morgan fingerprint density at radius 2 is 1.70 bits per heavy atom. The summed E-state index contributed by atoms with van der Waals surface area (Å²) >= 11 is 0. The van der Waals surface area contributed by atoms with E-state index in [4.69, 9.17) is 5.26 Å². The third-order valence-corrected chi connectivity index (χ3v) is 2.97. The van der Waals surface area contributed by atoms with Gasteiger partial charge in [0, 0.05) is 5.56 Å². The number of nitrogens with zero attached hydrogens (tertiary/aromatic N) is 3. The first kappa shape index (κ1) is 12.1. The van der Waals surface area contributed by atoms with E-state index in [-0.39, 0.29) is 11.5 Å². The van der Waals surface area contributed by atoms with Crippen molar-refractivity contribution >= 4 is 0 Å². The number of benzene rings is 2. The molecule has 0 saturated heterocycles. The molecule has 0 atom stereocenters. The van der Waals surface area contributed by atoms with Gasteiger partial charge in [0.25, 0.3) is 0 Å². The van der Waals surface area contributed by atoms with Gasteiger partial charge in [0.2, 0.25) is 0 Å². The third kappa shape index (κ3) is 2.15. The van der Waals surface area contributed by atoms with Crippen LogP contribution in [0.4, 0.5) is 4.39 Å². The first-order chi connectivity index (χ1) is 9.78. The van der Waals surface area contributed by atoms with Gasteiger partial charge in [0.1, 0.15) is 17.6 Å². The number of nitriles is 1. The second kappa shape index (κ2) is 4.94. The summed E-state index contributed by atoms with van der Waals surface area (Å²) in [7, 11) is 0. The molecule has 0 bridgehead atoms. The zero-order valence-corrected chi connectivity index (χ0v) is 10.3. The van der Waals surface area contributed by atoms with E-state index in [1.165, 1.54) is 12.1 Å². The van der Waals surface area contributed by atoms with Crippen LogP contribution >= 0.6 is 0 Å². The molecule has 0 aliphatic heterocycles. The zero-order chi connectivity index (χ0) is 13.9. The number of aromatic nitrogens is 3. The number of hydrogen-bond donors (Lipinski definition) is 1. The molecule has 0 fully saturated rings. The van der Waals surface area contributed by atoms with Crippen LogP contribution in [0.5, 0.6) is 0 Å². The predicted molar refractivity (Wildman–Crippen MR) is 71.9 cm³/mol. The lowest BCUT2D eigenvalue weighted by Gasteiger charge is -2.04. The maximum absolute atomic E-state index is 12.9. The summed E-state index contributed by atoms with van der Waals surface area (Å²) in [6.45, 7) is 0. The second-order valence-electron chi connectivity index (χ2n) is 4.22. The summed E-state index contributed by atoms with van der Waals surface area (Å²) in [5.41, 5.74) is 3.37. The molecule has 0 amide bonds. The molecule has 1 heterocycles. The first-order valence-corrected chi connectivity index (χ1v) is 5.95. The summed E-state index contributed by atoms with van der Waals surface area (Å²) in [4.78, 5) is 0. The van der Waals surface area contributed by atoms with Crippen LogP contribution < -0.4 is 0 Å². The van der Waals surface area contributed by atoms with Crippen LogP contribution in [-0.4, -0.2) is 15.4 Å². The van der Waals surface area contributed by atoms with Crippen LogP contribution in [-0.2, 0) is 0 Å². The van der Waals surface area contributed by atoms with Crippen molar-refractivity contribution in [1.82, 2.24) is 15.4 Å². The Labute approximate surface area is 114 Å². The van der Waals surface area contributed by atoms with Crippen molar-refractivity contribution in [2.75, 3.05) is 0 Å². The fraction of sp³-hybridized carbons (Fsp3) is 0. The minimum Gasteiger partial charge on any atom is -0.207 e. The SMILES string of the molecule is N#Cc1n[nH]nc1-c1cccc(-c2ccc(F)cc2)c1. The zero-order valence-electron chi connectivity index (χ0n) is 10.3. The van der Waals surface area contributed by atoms with Crippen molar-refractivity contribution in [3.05, 3.63) is 60.0 Å². The van der Waals surface area contributed by atoms with E-state index in [0.29, 0.717) is 5.69 Å². The fourth-order valence-electron chi connectivity index (χ4n) is 2.00. The first-order valence-electron chi connectivity index (χ1n) is 5.95. The summed E-state index contributed by atoms with van der Waals surface area (Å²) < 4.78 is 12.9. The molecule has 5 heteroatoms. The van der Waals surface area contributed by atoms with Gasteiger partial charge in [-0.25, -0.2) is 4.39 Å². The van der Waals surface area contributed by atoms with Gasteiger partial charge in [-0.2, -0.15) is 15.6 Å². The molecule has 3 rings (SSSR count). The van der Waals surface area contributed by atoms with Gasteiger partial charge in [-0.3, -0.25) is 0 Å². The molecule has 20 heavy (non-hydrogen) atoms. The van der Waals surface area contributed by atoms with Gasteiger partial charge < -0.3 is 0 Å². The van der Waals surface area contributed by atoms with Crippen LogP contribution in [0.25, 0.3) is 22.4 Å². The van der Waals surface area contributed by atoms with Crippen molar-refractivity contribution in [2.24, 2.45) is 0 Å². The third-order valence-electron chi connectivity index (χ3n) is 2.97. The molecule has 0 spiro atoms. The van der Waals surface area contributed by atoms with Crippen LogP contribution in [0.3, 0.4) is 0 Å². The number of H-pyrrole nitrogens is 1. The van der Waals surface area contributed by atoms with Gasteiger partial charge in [-0.1, -0.05) is 30.3 Å². The minimum atomic E-state index is -0.270. The van der Waals surface area contributed by atoms with Crippen molar-refractivity contribution < 1.29 is 4.39 Å². The molecule has 0 aliphatic carbocycles. The second-order valence-corrected chi connectivity index (χ2v) is 4.22. The van der Waals surface area contributed by atoms with Crippen molar-refractivity contribution in [2.45, 2.75) is 0 Å². The fourth-order valence-corrected chi connectivity index (χ4v) is 2.00. The maximum Gasteiger partial charge on any atom is 0.190 e. The Bertz CT molecular complexity index is 784. The van der Waals surface area contributed by atoms with E-state index in [9.17, 15) is 4.39 Å². The van der Waals surface area contributed by atoms with Gasteiger partial charge in [0.05, 0.1) is 0 Å². The van der Waals surface area contributed by atoms with E-state index >= 15 is 0 Å². The van der Waals surface area contributed by atoms with Crippen LogP contribution in [0, 0.1) is 17.1 Å². The molecule has 0 saturated carbocycles. The smallest absolute Gasteiger partial charge is 0.190 e. The van der Waals surface area contributed by atoms with Gasteiger partial charge in [-0.05, 0) is 29.3 Å². The van der Waals surface area contributed by atoms with Gasteiger partial charge in [-0.15, -0.1) is 5.10 Å². The quantitative estimate of drug-likeness (QED) is 0.773. The highest BCUT2D eigenvalue weighted by Crippen LogP contribution is 2.26. The van der Waals surface area contributed by atoms with Crippen LogP contribution in [0.15, 0.2) is 48.5 Å². The number of halogens is 1. The number of nitrogens with one attached hydrogen (secondary N) is 1. The minimum absolute atomic E-state index is 0.251. The van der Waals surface area contributed by atoms with Gasteiger partial charge in [0.15, 0.2) is 5.69 Å². The lowest BCUT2D eigenvalue weighted by atomic mass is 10.0. The highest BCUT2D eigenvalue weighted by Gasteiger charge is 2.10. The maximum atomic E-state index is 12.9. The molecule has 0 unspecified atom stereocenters. The van der Waals surface area contributed by atoms with E-state index in [0.717, 1.165) is 16.7 Å². The molecule has 96 valence electrons. The summed E-state index contributed by atoms with van der Waals surface area (Å²) in [5.74, 6) is -0.270. The highest BCUT2D eigenvalue weighted by molar-refractivity contribution is 5.73. The Morgan fingerprint density at radius 3 is 2.45 bits per heavy atom. The van der Waals surface area contributed by atoms with Crippen LogP contribution in [0.2, 0.25) is 0 Å². The molecule has 2 aromatic carbocycles. The number of hydrogen-bond acceptors (Lipinski definition) is 3. The highest BCUT2D eigenvalue weighted by atomic mass is 19.1. The monoisotopic (exact) mass is 264 g/mol. The molecule has 3 aromatic rings. The molecule has 0 aliphatic rings. The van der Waals surface area contributed by atoms with E-state index in [2.05, 4.69) is 15.4 Å². The topological polar surface area (TPSA) is 65.4 Å². The average molecular weight is 264 g/mol.